The van der Waals surface area contributed by atoms with Crippen molar-refractivity contribution in [3.63, 3.8) is 0 Å². The van der Waals surface area contributed by atoms with Gasteiger partial charge in [0.25, 0.3) is 10.1 Å². The van der Waals surface area contributed by atoms with Gasteiger partial charge in [0.15, 0.2) is 25.8 Å². The van der Waals surface area contributed by atoms with Crippen LogP contribution in [-0.2, 0) is 64.0 Å². The average molecular weight is 1070 g/mol. The third kappa shape index (κ3) is 16.0. The molecule has 0 aliphatic carbocycles. The van der Waals surface area contributed by atoms with Crippen molar-refractivity contribution < 1.29 is 84.5 Å². The first-order chi connectivity index (χ1) is 31.1. The number of aromatic carboxylic acids is 1. The summed E-state index contributed by atoms with van der Waals surface area (Å²) in [4.78, 5) is 25.7. The van der Waals surface area contributed by atoms with Gasteiger partial charge in [0.05, 0.1) is 62.5 Å². The molecule has 10 N–H and O–H groups in total. The number of benzene rings is 4. The molecule has 0 aliphatic heterocycles. The van der Waals surface area contributed by atoms with Crippen molar-refractivity contribution in [1.82, 2.24) is 5.01 Å². The number of nitrogens with two attached hydrogens (primary N) is 2. The van der Waals surface area contributed by atoms with Crippen molar-refractivity contribution in [2.75, 3.05) is 43.2 Å². The number of sulfone groups is 2. The molecule has 36 heteroatoms. The van der Waals surface area contributed by atoms with Gasteiger partial charge in [0.2, 0.25) is 0 Å². The molecule has 0 bridgehead atoms. The Morgan fingerprint density at radius 3 is 1.85 bits per heavy atom. The summed E-state index contributed by atoms with van der Waals surface area (Å²) in [6.45, 7) is -1.37. The van der Waals surface area contributed by atoms with Gasteiger partial charge in [-0.2, -0.15) is 35.5 Å². The van der Waals surface area contributed by atoms with E-state index in [2.05, 4.69) is 54.6 Å². The highest BCUT2D eigenvalue weighted by Gasteiger charge is 2.28. The van der Waals surface area contributed by atoms with Crippen molar-refractivity contribution in [3.05, 3.63) is 77.2 Å². The Bertz CT molecular complexity index is 3330. The van der Waals surface area contributed by atoms with Crippen LogP contribution in [0.25, 0.3) is 0 Å². The van der Waals surface area contributed by atoms with Gasteiger partial charge < -0.3 is 22.1 Å². The molecule has 0 amide bonds. The third-order valence-electron chi connectivity index (χ3n) is 7.84. The molecule has 0 saturated carbocycles. The summed E-state index contributed by atoms with van der Waals surface area (Å²) in [5.74, 6) is -3.50. The van der Waals surface area contributed by atoms with Crippen LogP contribution in [0, 0.1) is 16.3 Å². The number of thioether (sulfide) groups is 1. The highest BCUT2D eigenvalue weighted by atomic mass is 32.3. The number of nitroso groups, excluding NO2 is 1. The molecule has 68 heavy (non-hydrogen) atoms. The van der Waals surface area contributed by atoms with Gasteiger partial charge in [-0.1, -0.05) is 12.1 Å². The Labute approximate surface area is 388 Å². The van der Waals surface area contributed by atoms with Crippen LogP contribution in [-0.4, -0.2) is 109 Å². The quantitative estimate of drug-likeness (QED) is 0.0100. The molecule has 0 saturated heterocycles. The minimum atomic E-state index is -5.32. The summed E-state index contributed by atoms with van der Waals surface area (Å²) in [7, 11) is -22.7. The fraction of sp³-hybridized carbons (Fsp3) is 0.156. The number of nitrogen functional groups attached to an aromatic ring is 2. The summed E-state index contributed by atoms with van der Waals surface area (Å²) in [5, 5.41) is 39.4. The van der Waals surface area contributed by atoms with Crippen LogP contribution in [0.1, 0.15) is 10.4 Å². The van der Waals surface area contributed by atoms with Crippen molar-refractivity contribution in [2.45, 2.75) is 19.6 Å². The number of anilines is 2. The molecular formula is C32H32N10O20S6. The minimum Gasteiger partial charge on any atom is -0.478 e. The summed E-state index contributed by atoms with van der Waals surface area (Å²) in [6.07, 6.45) is 1.83. The number of carboxylic acid groups (broad SMARTS) is 1. The molecule has 366 valence electrons. The maximum absolute atomic E-state index is 12.9. The van der Waals surface area contributed by atoms with Crippen LogP contribution in [0.3, 0.4) is 0 Å². The van der Waals surface area contributed by atoms with Gasteiger partial charge in [0.1, 0.15) is 33.2 Å². The molecule has 0 aliphatic rings. The molecule has 0 unspecified atom stereocenters. The molecular weight excluding hydrogens is 1040 g/mol. The maximum atomic E-state index is 12.9. The molecule has 0 atom stereocenters. The van der Waals surface area contributed by atoms with Crippen molar-refractivity contribution in [1.29, 1.82) is 0 Å². The highest BCUT2D eigenvalue weighted by molar-refractivity contribution is 8.04. The maximum Gasteiger partial charge on any atom is 0.433 e. The fourth-order valence-corrected chi connectivity index (χ4v) is 9.05. The van der Waals surface area contributed by atoms with Crippen LogP contribution < -0.4 is 11.5 Å². The minimum absolute atomic E-state index is 0. The monoisotopic (exact) mass is 1070 g/mol. The van der Waals surface area contributed by atoms with Crippen molar-refractivity contribution in [3.8, 4) is 11.4 Å². The van der Waals surface area contributed by atoms with Crippen molar-refractivity contribution in [2.24, 2.45) is 36.0 Å². The van der Waals surface area contributed by atoms with E-state index in [-0.39, 0.29) is 16.9 Å². The Hall–Kier alpha value is -6.63. The summed E-state index contributed by atoms with van der Waals surface area (Å²) >= 11 is 0.727. The Kier molecular flexibility index (Phi) is 18.8. The molecule has 0 radical (unpaired) electrons. The highest BCUT2D eigenvalue weighted by Crippen LogP contribution is 2.49. The van der Waals surface area contributed by atoms with E-state index in [4.69, 9.17) is 20.6 Å². The summed E-state index contributed by atoms with van der Waals surface area (Å²) < 4.78 is 155. The normalized spacial score (nSPS) is 12.4. The largest absolute Gasteiger partial charge is 0.478 e. The zero-order valence-electron chi connectivity index (χ0n) is 33.8. The van der Waals surface area contributed by atoms with Gasteiger partial charge in [-0.3, -0.25) is 23.6 Å². The Morgan fingerprint density at radius 1 is 0.721 bits per heavy atom. The molecule has 0 fully saturated rings. The molecule has 4 aromatic rings. The zero-order chi connectivity index (χ0) is 50.0. The van der Waals surface area contributed by atoms with E-state index < -0.39 is 136 Å². The van der Waals surface area contributed by atoms with Crippen LogP contribution >= 0.6 is 11.8 Å². The number of nitrogens with zero attached hydrogens (tertiary/aromatic N) is 8. The van der Waals surface area contributed by atoms with Gasteiger partial charge in [0, 0.05) is 17.2 Å². The first kappa shape index (κ1) is 55.7. The predicted octanol–water partition coefficient (Wildman–Crippen LogP) is 3.96. The molecule has 30 nitrogen and oxygen atoms in total. The van der Waals surface area contributed by atoms with Gasteiger partial charge in [-0.05, 0) is 70.7 Å². The standard InChI is InChI=1S/C32H30N10O19S6.H2O/c1-42(41-45)10-14-63(46,47)23-8-9-24(25(18-23)65(50,51)52)37-39-30-26(32(43)44)29(38-35-19-4-2-6-21(16-19)62-13-11-59-61-67(56,57)58)27(33)31(28(30)34)40-36-20-5-3-7-22(17-20)64(48,49)15-12-60-66(53,54)55;/h2-9,16-18H,10,12,14-15,33-34H2,1H3,(H,43,44)(H,50,51,52)(H,53,54,55)(H,56,57,58);1H2. The number of carboxylic acids is 1. The van der Waals surface area contributed by atoms with E-state index in [1.165, 1.54) is 43.4 Å². The molecule has 0 heterocycles. The third-order valence-corrected chi connectivity index (χ3v) is 13.5. The number of rotatable bonds is 21. The molecule has 0 spiro atoms. The van der Waals surface area contributed by atoms with Crippen LogP contribution in [0.15, 0.2) is 122 Å². The second-order valence-corrected chi connectivity index (χ2v) is 21.1. The molecule has 4 rings (SSSR count). The van der Waals surface area contributed by atoms with E-state index in [1.54, 1.807) is 0 Å². The Balaban J connectivity index is 0.0000122. The van der Waals surface area contributed by atoms with Crippen LogP contribution in [0.4, 0.5) is 45.5 Å². The van der Waals surface area contributed by atoms with E-state index in [0.717, 1.165) is 41.0 Å². The van der Waals surface area contributed by atoms with Crippen LogP contribution in [0.2, 0.25) is 0 Å². The van der Waals surface area contributed by atoms with E-state index in [0.29, 0.717) is 11.0 Å². The number of azo groups is 3. The van der Waals surface area contributed by atoms with Crippen molar-refractivity contribution >= 4 is 114 Å². The molecule has 4 aromatic carbocycles. The smallest absolute Gasteiger partial charge is 0.433 e. The van der Waals surface area contributed by atoms with E-state index in [9.17, 15) is 61.4 Å². The second kappa shape index (κ2) is 22.9. The van der Waals surface area contributed by atoms with E-state index >= 15 is 0 Å². The first-order valence-corrected chi connectivity index (χ1v) is 25.6. The van der Waals surface area contributed by atoms with Gasteiger partial charge in [-0.25, -0.2) is 25.8 Å². The van der Waals surface area contributed by atoms with Gasteiger partial charge >= 0.3 is 26.8 Å². The zero-order valence-corrected chi connectivity index (χ0v) is 38.7. The Morgan fingerprint density at radius 2 is 1.28 bits per heavy atom. The fourth-order valence-electron chi connectivity index (χ4n) is 4.85. The van der Waals surface area contributed by atoms with Gasteiger partial charge in [-0.15, -0.1) is 25.4 Å². The average Bonchev–Trinajstić information content (AvgIpc) is 3.23. The van der Waals surface area contributed by atoms with Crippen LogP contribution in [0.5, 0.6) is 0 Å². The molecule has 0 aromatic heterocycles. The number of hydrogen-bond acceptors (Lipinski definition) is 25. The lowest BCUT2D eigenvalue weighted by atomic mass is 10.1. The lowest BCUT2D eigenvalue weighted by Crippen LogP contribution is -2.21. The lowest BCUT2D eigenvalue weighted by Gasteiger charge is -2.13. The predicted molar refractivity (Wildman–Crippen MR) is 235 cm³/mol. The number of carbonyl (C=O) groups is 1. The topological polar surface area (TPSA) is 487 Å². The SMILES string of the molecule is CN(CCS(=O)(=O)c1ccc(N=Nc2c(N)c(N=Nc3cccc(S(=O)(=O)CCOS(=O)(=O)O)c3)c(N)c(N=Nc3cccc(SC#COOS(=O)(=O)O)c3)c2C(=O)O)c(S(=O)(=O)O)c1)N=O.O. The summed E-state index contributed by atoms with van der Waals surface area (Å²) in [6, 6.07) is 12.3. The first-order valence-electron chi connectivity index (χ1n) is 17.3. The second-order valence-electron chi connectivity index (χ2n) is 12.5. The summed E-state index contributed by atoms with van der Waals surface area (Å²) in [5.41, 5.74) is 7.16. The lowest BCUT2D eigenvalue weighted by molar-refractivity contribution is -0.135. The number of hydrogen-bond donors (Lipinski definition) is 6. The van der Waals surface area contributed by atoms with E-state index in [1.807, 2.05) is 6.11 Å².